The van der Waals surface area contributed by atoms with Gasteiger partial charge in [-0.05, 0) is 31.3 Å². The van der Waals surface area contributed by atoms with Gasteiger partial charge in [0.05, 0.1) is 5.41 Å². The number of thioether (sulfide) groups is 1. The minimum atomic E-state index is -0.977. The number of carboxylic acid groups (broad SMARTS) is 1. The summed E-state index contributed by atoms with van der Waals surface area (Å²) in [6.07, 6.45) is 3.89. The molecule has 1 saturated carbocycles. The number of rotatable bonds is 7. The third-order valence-electron chi connectivity index (χ3n) is 2.94. The average molecular weight is 246 g/mol. The summed E-state index contributed by atoms with van der Waals surface area (Å²) in [7, 11) is 0. The van der Waals surface area contributed by atoms with Gasteiger partial charge in [0.1, 0.15) is 6.04 Å². The molecule has 92 valence electrons. The van der Waals surface area contributed by atoms with E-state index in [-0.39, 0.29) is 5.91 Å². The van der Waals surface area contributed by atoms with Crippen LogP contribution in [0.25, 0.3) is 0 Å². The van der Waals surface area contributed by atoms with Crippen LogP contribution in [-0.4, -0.2) is 41.6 Å². The van der Waals surface area contributed by atoms with E-state index in [2.05, 4.69) is 5.32 Å². The van der Waals surface area contributed by atoms with Crippen LogP contribution in [0.15, 0.2) is 0 Å². The van der Waals surface area contributed by atoms with Crippen molar-refractivity contribution in [2.75, 3.05) is 18.6 Å². The Hall–Kier alpha value is -0.750. The Morgan fingerprint density at radius 2 is 2.19 bits per heavy atom. The molecule has 5 nitrogen and oxygen atoms in total. The van der Waals surface area contributed by atoms with Crippen molar-refractivity contribution >= 4 is 23.6 Å². The zero-order chi connectivity index (χ0) is 12.2. The maximum absolute atomic E-state index is 11.8. The highest BCUT2D eigenvalue weighted by Crippen LogP contribution is 2.44. The Bertz CT molecular complexity index is 279. The second-order valence-corrected chi connectivity index (χ2v) is 5.12. The van der Waals surface area contributed by atoms with Crippen molar-refractivity contribution < 1.29 is 14.7 Å². The molecule has 1 aliphatic rings. The largest absolute Gasteiger partial charge is 0.480 e. The molecule has 1 fully saturated rings. The van der Waals surface area contributed by atoms with Crippen molar-refractivity contribution in [1.82, 2.24) is 5.32 Å². The molecule has 1 unspecified atom stereocenters. The van der Waals surface area contributed by atoms with Gasteiger partial charge < -0.3 is 16.2 Å². The molecular formula is C10H18N2O3S. The highest BCUT2D eigenvalue weighted by Gasteiger charge is 2.49. The fourth-order valence-electron chi connectivity index (χ4n) is 1.48. The molecular weight excluding hydrogens is 228 g/mol. The van der Waals surface area contributed by atoms with Gasteiger partial charge in [0, 0.05) is 6.54 Å². The van der Waals surface area contributed by atoms with E-state index in [0.717, 1.165) is 12.8 Å². The highest BCUT2D eigenvalue weighted by atomic mass is 32.2. The number of nitrogens with one attached hydrogen (secondary N) is 1. The number of hydrogen-bond acceptors (Lipinski definition) is 4. The molecule has 1 atom stereocenters. The van der Waals surface area contributed by atoms with Crippen LogP contribution in [0.5, 0.6) is 0 Å². The lowest BCUT2D eigenvalue weighted by molar-refractivity contribution is -0.142. The van der Waals surface area contributed by atoms with Crippen LogP contribution in [0.4, 0.5) is 0 Å². The number of carbonyl (C=O) groups excluding carboxylic acids is 1. The van der Waals surface area contributed by atoms with Crippen molar-refractivity contribution in [3.05, 3.63) is 0 Å². The third-order valence-corrected chi connectivity index (χ3v) is 3.58. The monoisotopic (exact) mass is 246 g/mol. The van der Waals surface area contributed by atoms with Gasteiger partial charge in [-0.2, -0.15) is 11.8 Å². The predicted octanol–water partition coefficient (Wildman–Crippen LogP) is 0.0478. The molecule has 16 heavy (non-hydrogen) atoms. The Kier molecular flexibility index (Phi) is 4.61. The van der Waals surface area contributed by atoms with E-state index in [9.17, 15) is 9.59 Å². The summed E-state index contributed by atoms with van der Waals surface area (Å²) in [6, 6.07) is -0.788. The van der Waals surface area contributed by atoms with Gasteiger partial charge in [0.15, 0.2) is 0 Å². The Labute approximate surface area is 99.1 Å². The Morgan fingerprint density at radius 3 is 2.56 bits per heavy atom. The maximum atomic E-state index is 11.8. The van der Waals surface area contributed by atoms with Gasteiger partial charge in [-0.15, -0.1) is 0 Å². The summed E-state index contributed by atoms with van der Waals surface area (Å²) in [5.41, 5.74) is 5.03. The number of carboxylic acids is 1. The van der Waals surface area contributed by atoms with Crippen LogP contribution < -0.4 is 11.1 Å². The predicted molar refractivity (Wildman–Crippen MR) is 63.3 cm³/mol. The van der Waals surface area contributed by atoms with Crippen molar-refractivity contribution in [3.63, 3.8) is 0 Å². The lowest BCUT2D eigenvalue weighted by Crippen LogP contribution is -2.46. The SMILES string of the molecule is CSCCC(NC(=O)C1(CN)CC1)C(=O)O. The minimum absolute atomic E-state index is 0.205. The van der Waals surface area contributed by atoms with E-state index in [0.29, 0.717) is 18.7 Å². The molecule has 1 aliphatic carbocycles. The molecule has 0 aromatic heterocycles. The van der Waals surface area contributed by atoms with Gasteiger partial charge in [-0.1, -0.05) is 0 Å². The average Bonchev–Trinajstić information content (AvgIpc) is 3.04. The molecule has 4 N–H and O–H groups in total. The standard InChI is InChI=1S/C10H18N2O3S/c1-16-5-2-7(8(13)14)12-9(15)10(6-11)3-4-10/h7H,2-6,11H2,1H3,(H,12,15)(H,13,14). The fourth-order valence-corrected chi connectivity index (χ4v) is 1.95. The summed E-state index contributed by atoms with van der Waals surface area (Å²) >= 11 is 1.56. The summed E-state index contributed by atoms with van der Waals surface area (Å²) in [5.74, 6) is -0.467. The summed E-state index contributed by atoms with van der Waals surface area (Å²) < 4.78 is 0. The van der Waals surface area contributed by atoms with E-state index in [4.69, 9.17) is 10.8 Å². The van der Waals surface area contributed by atoms with E-state index < -0.39 is 17.4 Å². The maximum Gasteiger partial charge on any atom is 0.326 e. The molecule has 0 aliphatic heterocycles. The van der Waals surface area contributed by atoms with Gasteiger partial charge in [-0.3, -0.25) is 4.79 Å². The first-order valence-electron chi connectivity index (χ1n) is 5.28. The molecule has 0 spiro atoms. The van der Waals surface area contributed by atoms with Crippen LogP contribution in [0.1, 0.15) is 19.3 Å². The number of aliphatic carboxylic acids is 1. The third kappa shape index (κ3) is 3.12. The van der Waals surface area contributed by atoms with Gasteiger partial charge in [0.25, 0.3) is 0 Å². The summed E-state index contributed by atoms with van der Waals surface area (Å²) in [5, 5.41) is 11.5. The van der Waals surface area contributed by atoms with Crippen molar-refractivity contribution in [2.45, 2.75) is 25.3 Å². The zero-order valence-electron chi connectivity index (χ0n) is 9.36. The number of hydrogen-bond donors (Lipinski definition) is 3. The molecule has 1 rings (SSSR count). The quantitative estimate of drug-likeness (QED) is 0.590. The van der Waals surface area contributed by atoms with Crippen molar-refractivity contribution in [1.29, 1.82) is 0 Å². The van der Waals surface area contributed by atoms with Gasteiger partial charge in [-0.25, -0.2) is 4.79 Å². The zero-order valence-corrected chi connectivity index (χ0v) is 10.2. The van der Waals surface area contributed by atoms with Crippen LogP contribution in [0.2, 0.25) is 0 Å². The molecule has 0 aromatic rings. The second kappa shape index (κ2) is 5.54. The Morgan fingerprint density at radius 1 is 1.56 bits per heavy atom. The first kappa shape index (κ1) is 13.3. The molecule has 6 heteroatoms. The van der Waals surface area contributed by atoms with Crippen LogP contribution in [-0.2, 0) is 9.59 Å². The number of nitrogens with two attached hydrogens (primary N) is 1. The normalized spacial score (nSPS) is 18.9. The lowest BCUT2D eigenvalue weighted by Gasteiger charge is -2.18. The van der Waals surface area contributed by atoms with E-state index >= 15 is 0 Å². The molecule has 0 bridgehead atoms. The van der Waals surface area contributed by atoms with Gasteiger partial charge >= 0.3 is 5.97 Å². The number of carbonyl (C=O) groups is 2. The topological polar surface area (TPSA) is 92.4 Å². The molecule has 0 radical (unpaired) electrons. The Balaban J connectivity index is 2.48. The van der Waals surface area contributed by atoms with E-state index in [1.54, 1.807) is 11.8 Å². The highest BCUT2D eigenvalue weighted by molar-refractivity contribution is 7.98. The molecule has 0 saturated heterocycles. The molecule has 0 heterocycles. The fraction of sp³-hybridized carbons (Fsp3) is 0.800. The minimum Gasteiger partial charge on any atom is -0.480 e. The van der Waals surface area contributed by atoms with Crippen LogP contribution in [0, 0.1) is 5.41 Å². The molecule has 1 amide bonds. The van der Waals surface area contributed by atoms with Crippen molar-refractivity contribution in [2.24, 2.45) is 11.1 Å². The number of amides is 1. The first-order valence-corrected chi connectivity index (χ1v) is 6.68. The summed E-state index contributed by atoms with van der Waals surface area (Å²) in [4.78, 5) is 22.7. The molecule has 0 aromatic carbocycles. The smallest absolute Gasteiger partial charge is 0.326 e. The van der Waals surface area contributed by atoms with Crippen LogP contribution >= 0.6 is 11.8 Å². The van der Waals surface area contributed by atoms with Crippen molar-refractivity contribution in [3.8, 4) is 0 Å². The van der Waals surface area contributed by atoms with E-state index in [1.807, 2.05) is 6.26 Å². The lowest BCUT2D eigenvalue weighted by atomic mass is 10.1. The van der Waals surface area contributed by atoms with Gasteiger partial charge in [0.2, 0.25) is 5.91 Å². The van der Waals surface area contributed by atoms with Crippen LogP contribution in [0.3, 0.4) is 0 Å². The second-order valence-electron chi connectivity index (χ2n) is 4.13. The summed E-state index contributed by atoms with van der Waals surface area (Å²) in [6.45, 7) is 0.299. The van der Waals surface area contributed by atoms with E-state index in [1.165, 1.54) is 0 Å². The first-order chi connectivity index (χ1) is 7.55.